The first kappa shape index (κ1) is 22.9. The molecule has 0 radical (unpaired) electrons. The Bertz CT molecular complexity index is 641. The number of hydrogen-bond donors (Lipinski definition) is 5. The number of primary amides is 1. The van der Waals surface area contributed by atoms with E-state index in [2.05, 4.69) is 5.32 Å². The topological polar surface area (TPSA) is 170 Å². The molecule has 10 nitrogen and oxygen atoms in total. The summed E-state index contributed by atoms with van der Waals surface area (Å²) in [4.78, 5) is 42.9. The first-order chi connectivity index (χ1) is 13.2. The summed E-state index contributed by atoms with van der Waals surface area (Å²) >= 11 is 0. The van der Waals surface area contributed by atoms with E-state index in [4.69, 9.17) is 21.1 Å². The summed E-state index contributed by atoms with van der Waals surface area (Å²) in [5.74, 6) is -2.97. The molecule has 1 aromatic carbocycles. The fraction of sp³-hybridized carbons (Fsp3) is 0.444. The van der Waals surface area contributed by atoms with Gasteiger partial charge in [-0.1, -0.05) is 6.07 Å². The van der Waals surface area contributed by atoms with Gasteiger partial charge in [-0.3, -0.25) is 4.79 Å². The molecule has 2 aliphatic heterocycles. The van der Waals surface area contributed by atoms with E-state index in [0.717, 1.165) is 51.4 Å². The summed E-state index contributed by atoms with van der Waals surface area (Å²) in [7, 11) is 0. The number of nitrogens with two attached hydrogens (primary N) is 1. The van der Waals surface area contributed by atoms with Gasteiger partial charge >= 0.3 is 23.9 Å². The maximum Gasteiger partial charge on any atom is 0.335 e. The monoisotopic (exact) mass is 395 g/mol. The molecule has 0 aliphatic carbocycles. The van der Waals surface area contributed by atoms with Crippen molar-refractivity contribution < 1.29 is 34.5 Å². The number of carbonyl (C=O) groups is 4. The van der Waals surface area contributed by atoms with Crippen LogP contribution in [0.15, 0.2) is 24.3 Å². The van der Waals surface area contributed by atoms with Crippen LogP contribution in [-0.4, -0.2) is 69.8 Å². The summed E-state index contributed by atoms with van der Waals surface area (Å²) in [5, 5.41) is 28.2. The van der Waals surface area contributed by atoms with Gasteiger partial charge < -0.3 is 31.3 Å². The van der Waals surface area contributed by atoms with Crippen molar-refractivity contribution in [2.24, 2.45) is 5.73 Å². The first-order valence-electron chi connectivity index (χ1n) is 8.79. The van der Waals surface area contributed by atoms with Crippen molar-refractivity contribution >= 4 is 23.9 Å². The molecule has 3 rings (SSSR count). The molecule has 10 heteroatoms. The molecule has 2 heterocycles. The highest BCUT2D eigenvalue weighted by atomic mass is 16.4. The van der Waals surface area contributed by atoms with E-state index in [1.165, 1.54) is 18.2 Å². The number of nitrogens with one attached hydrogen (secondary N) is 1. The van der Waals surface area contributed by atoms with Crippen LogP contribution in [0.25, 0.3) is 0 Å². The van der Waals surface area contributed by atoms with Crippen molar-refractivity contribution in [1.82, 2.24) is 10.2 Å². The molecule has 0 unspecified atom stereocenters. The average molecular weight is 395 g/mol. The molecular weight excluding hydrogens is 370 g/mol. The van der Waals surface area contributed by atoms with Crippen LogP contribution in [-0.2, 0) is 4.79 Å². The number of aliphatic carboxylic acids is 1. The molecule has 1 aromatic rings. The molecule has 0 saturated carbocycles. The summed E-state index contributed by atoms with van der Waals surface area (Å²) < 4.78 is 0. The van der Waals surface area contributed by atoms with Crippen LogP contribution in [0.3, 0.4) is 0 Å². The minimum Gasteiger partial charge on any atom is -0.480 e. The third-order valence-electron chi connectivity index (χ3n) is 4.13. The third-order valence-corrected chi connectivity index (χ3v) is 4.13. The predicted molar refractivity (Wildman–Crippen MR) is 99.4 cm³/mol. The molecule has 0 spiro atoms. The van der Waals surface area contributed by atoms with Gasteiger partial charge in [0, 0.05) is 13.1 Å². The summed E-state index contributed by atoms with van der Waals surface area (Å²) in [6.07, 6.45) is 4.01. The standard InChI is InChI=1S/C8H6O4.C5H10N2O.C5H9NO2/c9-7(10)5-2-1-3-6(4-5)8(11)12;6-5(8)7-3-1-2-4-7;7-5(8)4-2-1-3-6-4/h1-4H,(H,9,10)(H,11,12);1-4H2,(H2,6,8);4,6H,1-3H2,(H,7,8)/t;;4-/m..0/s1. The number of carbonyl (C=O) groups excluding carboxylic acids is 1. The van der Waals surface area contributed by atoms with Crippen LogP contribution in [0.2, 0.25) is 0 Å². The zero-order chi connectivity index (χ0) is 21.1. The van der Waals surface area contributed by atoms with Gasteiger partial charge in [0.1, 0.15) is 6.04 Å². The number of nitrogens with zero attached hydrogens (tertiary/aromatic N) is 1. The molecule has 0 bridgehead atoms. The zero-order valence-corrected chi connectivity index (χ0v) is 15.3. The highest BCUT2D eigenvalue weighted by molar-refractivity contribution is 5.93. The van der Waals surface area contributed by atoms with E-state index in [1.807, 2.05) is 0 Å². The number of hydrogen-bond acceptors (Lipinski definition) is 5. The highest BCUT2D eigenvalue weighted by Gasteiger charge is 2.20. The number of benzene rings is 1. The number of amides is 2. The van der Waals surface area contributed by atoms with E-state index < -0.39 is 17.9 Å². The SMILES string of the molecule is NC(=O)N1CCCC1.O=C(O)[C@@H]1CCCN1.O=C(O)c1cccc(C(=O)O)c1. The molecular formula is C18H25N3O7. The number of urea groups is 1. The molecule has 28 heavy (non-hydrogen) atoms. The van der Waals surface area contributed by atoms with Gasteiger partial charge in [-0.05, 0) is 50.4 Å². The lowest BCUT2D eigenvalue weighted by Crippen LogP contribution is -2.32. The van der Waals surface area contributed by atoms with Crippen LogP contribution in [0.1, 0.15) is 46.4 Å². The zero-order valence-electron chi connectivity index (χ0n) is 15.3. The fourth-order valence-corrected chi connectivity index (χ4v) is 2.62. The van der Waals surface area contributed by atoms with E-state index in [-0.39, 0.29) is 23.2 Å². The molecule has 2 amide bonds. The Kier molecular flexibility index (Phi) is 9.44. The minimum atomic E-state index is -1.13. The van der Waals surface area contributed by atoms with Crippen molar-refractivity contribution in [3.05, 3.63) is 35.4 Å². The molecule has 2 saturated heterocycles. The first-order valence-corrected chi connectivity index (χ1v) is 8.79. The summed E-state index contributed by atoms with van der Waals surface area (Å²) in [6, 6.07) is 4.65. The Labute approximate surface area is 161 Å². The summed E-state index contributed by atoms with van der Waals surface area (Å²) in [5.41, 5.74) is 4.95. The van der Waals surface area contributed by atoms with Crippen molar-refractivity contribution in [3.63, 3.8) is 0 Å². The molecule has 2 fully saturated rings. The maximum absolute atomic E-state index is 10.4. The van der Waals surface area contributed by atoms with Crippen molar-refractivity contribution in [2.45, 2.75) is 31.7 Å². The van der Waals surface area contributed by atoms with Gasteiger partial charge in [0.25, 0.3) is 0 Å². The Morgan fingerprint density at radius 2 is 1.50 bits per heavy atom. The van der Waals surface area contributed by atoms with E-state index in [1.54, 1.807) is 4.90 Å². The van der Waals surface area contributed by atoms with Crippen LogP contribution < -0.4 is 11.1 Å². The van der Waals surface area contributed by atoms with Crippen molar-refractivity contribution in [1.29, 1.82) is 0 Å². The number of carboxylic acid groups (broad SMARTS) is 3. The second-order valence-electron chi connectivity index (χ2n) is 6.21. The number of aromatic carboxylic acids is 2. The lowest BCUT2D eigenvalue weighted by molar-refractivity contribution is -0.139. The van der Waals surface area contributed by atoms with Crippen LogP contribution in [0.4, 0.5) is 4.79 Å². The Hall–Kier alpha value is -3.14. The van der Waals surface area contributed by atoms with E-state index >= 15 is 0 Å². The van der Waals surface area contributed by atoms with Gasteiger partial charge in [0.05, 0.1) is 11.1 Å². The minimum absolute atomic E-state index is 0.0186. The van der Waals surface area contributed by atoms with Crippen molar-refractivity contribution in [3.8, 4) is 0 Å². The van der Waals surface area contributed by atoms with Crippen LogP contribution >= 0.6 is 0 Å². The van der Waals surface area contributed by atoms with E-state index in [9.17, 15) is 19.2 Å². The van der Waals surface area contributed by atoms with Gasteiger partial charge in [-0.15, -0.1) is 0 Å². The normalized spacial score (nSPS) is 17.6. The van der Waals surface area contributed by atoms with E-state index in [0.29, 0.717) is 0 Å². The van der Waals surface area contributed by atoms with Gasteiger partial charge in [0.2, 0.25) is 0 Å². The molecule has 1 atom stereocenters. The van der Waals surface area contributed by atoms with Crippen LogP contribution in [0, 0.1) is 0 Å². The second kappa shape index (κ2) is 11.5. The lowest BCUT2D eigenvalue weighted by atomic mass is 10.1. The average Bonchev–Trinajstić information content (AvgIpc) is 3.36. The molecule has 6 N–H and O–H groups in total. The Balaban J connectivity index is 0.000000217. The van der Waals surface area contributed by atoms with Crippen LogP contribution in [0.5, 0.6) is 0 Å². The Morgan fingerprint density at radius 3 is 1.79 bits per heavy atom. The predicted octanol–water partition coefficient (Wildman–Crippen LogP) is 1.07. The quantitative estimate of drug-likeness (QED) is 0.506. The number of likely N-dealkylation sites (tertiary alicyclic amines) is 1. The summed E-state index contributed by atoms with van der Waals surface area (Å²) in [6.45, 7) is 2.57. The second-order valence-corrected chi connectivity index (χ2v) is 6.21. The third kappa shape index (κ3) is 8.04. The maximum atomic E-state index is 10.4. The van der Waals surface area contributed by atoms with Gasteiger partial charge in [-0.2, -0.15) is 0 Å². The largest absolute Gasteiger partial charge is 0.480 e. The Morgan fingerprint density at radius 1 is 0.964 bits per heavy atom. The number of carboxylic acids is 3. The highest BCUT2D eigenvalue weighted by Crippen LogP contribution is 2.06. The lowest BCUT2D eigenvalue weighted by Gasteiger charge is -2.09. The fourth-order valence-electron chi connectivity index (χ4n) is 2.62. The number of rotatable bonds is 3. The van der Waals surface area contributed by atoms with Gasteiger partial charge in [0.15, 0.2) is 0 Å². The smallest absolute Gasteiger partial charge is 0.335 e. The molecule has 0 aromatic heterocycles. The van der Waals surface area contributed by atoms with Gasteiger partial charge in [-0.25, -0.2) is 14.4 Å². The molecule has 2 aliphatic rings. The van der Waals surface area contributed by atoms with Crippen molar-refractivity contribution in [2.75, 3.05) is 19.6 Å². The molecule has 154 valence electrons.